The first-order valence-corrected chi connectivity index (χ1v) is 38.4. The van der Waals surface area contributed by atoms with Crippen molar-refractivity contribution in [3.8, 4) is 17.2 Å². The number of carboxylic acid groups (broad SMARTS) is 1. The van der Waals surface area contributed by atoms with Gasteiger partial charge in [0.2, 0.25) is 0 Å². The number of likely N-dealkylation sites (tertiary alicyclic amines) is 1. The van der Waals surface area contributed by atoms with Crippen LogP contribution in [0.4, 0.5) is 4.79 Å². The highest BCUT2D eigenvalue weighted by molar-refractivity contribution is 7.92. The number of phenols is 3. The van der Waals surface area contributed by atoms with E-state index < -0.39 is 47.2 Å². The smallest absolute Gasteiger partial charge is 0.410 e. The van der Waals surface area contributed by atoms with E-state index in [0.717, 1.165) is 117 Å². The summed E-state index contributed by atoms with van der Waals surface area (Å²) in [5.41, 5.74) is 10.2. The van der Waals surface area contributed by atoms with Crippen LogP contribution < -0.4 is 16.4 Å². The largest absolute Gasteiger partial charge is 0.508 e. The maximum Gasteiger partial charge on any atom is 0.410 e. The molecule has 3 aliphatic heterocycles. The van der Waals surface area contributed by atoms with Crippen LogP contribution in [0.5, 0.6) is 17.2 Å². The molecule has 9 N–H and O–H groups in total. The van der Waals surface area contributed by atoms with Gasteiger partial charge in [-0.05, 0) is 206 Å². The maximum absolute atomic E-state index is 12.9. The average Bonchev–Trinajstić information content (AvgIpc) is 1.63. The van der Waals surface area contributed by atoms with Crippen LogP contribution in [0.15, 0.2) is 113 Å². The standard InChI is InChI=1S/C22H25ClN2O4S.C21H22ClN3O4S.C17H24N2O6S.C9H10ClNO/c23-19-3-4-20(26)22-15(1-2-18(19)22)10-21(27)16-9-17(12-25-11-16)30(28,29)13-14-5-7-24-8-6-14;22-17-1-2-18(26)20-15(10-25-21(17)20)8-19(27)14-7-16(11-24-9-14)30(28,29)12-13-3-5-23-6-4-13;1-17(2,3)25-16(22)19-6-4-12(5-7-19)11-26(23,24)14-8-13(15(20)21)9-18-10-14;10-6-2-4-8(12)9-5(6)1-3-7(9)11/h3-4,9,11-12,14-15,24,26H,1-2,5-8,10,13H2;1-2,7,9-11,13,23,25-26H,3-6,8,12H2;8-10,12H,4-7,11H2,1-3H3,(H,20,21);2,4,7,12H,1,3,11H2. The molecule has 1 amide bonds. The minimum absolute atomic E-state index is 0.0205. The van der Waals surface area contributed by atoms with Crippen molar-refractivity contribution < 1.29 is 69.6 Å². The van der Waals surface area contributed by atoms with E-state index in [-0.39, 0.29) is 120 Å². The minimum Gasteiger partial charge on any atom is -0.508 e. The number of ether oxygens (including phenoxy) is 1. The van der Waals surface area contributed by atoms with Crippen molar-refractivity contribution >= 4 is 98.8 Å². The number of fused-ring (bicyclic) bond motifs is 3. The van der Waals surface area contributed by atoms with Gasteiger partial charge in [0, 0.05) is 113 Å². The number of hydrogen-bond donors (Lipinski definition) is 8. The molecule has 2 atom stereocenters. The SMILES string of the molecule is CC(C)(C)OC(=O)N1CCC(CS(=O)(=O)c2cncc(C(=O)O)c2)CC1.NC1CCc2c(Cl)ccc(O)c21.O=C(CC1CCc2c(Cl)ccc(O)c21)c1cncc(S(=O)(=O)CC2CCNCC2)c1.O=C(Cc1c[nH]c2c(Cl)ccc(O)c12)c1cncc(S(=O)(=O)CC2CCNCC2)c1. The Kier molecular flexibility index (Phi) is 24.8. The number of H-pyrrole nitrogens is 1. The van der Waals surface area contributed by atoms with Gasteiger partial charge in [-0.15, -0.1) is 0 Å². The van der Waals surface area contributed by atoms with Gasteiger partial charge in [0.15, 0.2) is 41.1 Å². The number of aromatic hydroxyl groups is 3. The third-order valence-corrected chi connectivity index (χ3v) is 24.6. The van der Waals surface area contributed by atoms with E-state index in [1.807, 2.05) is 0 Å². The molecule has 3 aromatic carbocycles. The summed E-state index contributed by atoms with van der Waals surface area (Å²) in [6.07, 6.45) is 16.7. The number of piperidine rings is 3. The van der Waals surface area contributed by atoms with Gasteiger partial charge in [-0.3, -0.25) is 24.5 Å². The number of aromatic amines is 1. The zero-order chi connectivity index (χ0) is 70.9. The molecular weight excluding hydrogens is 1380 g/mol. The summed E-state index contributed by atoms with van der Waals surface area (Å²) in [6.45, 7) is 9.55. The van der Waals surface area contributed by atoms with E-state index in [1.165, 1.54) is 43.0 Å². The molecule has 5 aliphatic rings. The molecule has 98 heavy (non-hydrogen) atoms. The Morgan fingerprint density at radius 2 is 1.02 bits per heavy atom. The van der Waals surface area contributed by atoms with Gasteiger partial charge < -0.3 is 51.4 Å². The van der Waals surface area contributed by atoms with Crippen molar-refractivity contribution in [1.29, 1.82) is 0 Å². The summed E-state index contributed by atoms with van der Waals surface area (Å²) in [7, 11) is -10.7. The molecule has 526 valence electrons. The van der Waals surface area contributed by atoms with Crippen molar-refractivity contribution in [2.45, 2.75) is 130 Å². The zero-order valence-corrected chi connectivity index (χ0v) is 59.2. The summed E-state index contributed by atoms with van der Waals surface area (Å²) < 4.78 is 81.7. The van der Waals surface area contributed by atoms with Crippen LogP contribution in [-0.2, 0) is 53.5 Å². The van der Waals surface area contributed by atoms with Crippen LogP contribution in [0, 0.1) is 17.8 Å². The second-order valence-corrected chi connectivity index (χ2v) is 33.7. The van der Waals surface area contributed by atoms with E-state index in [1.54, 1.807) is 62.2 Å². The van der Waals surface area contributed by atoms with Gasteiger partial charge in [-0.1, -0.05) is 34.8 Å². The third kappa shape index (κ3) is 19.2. The maximum atomic E-state index is 12.9. The number of nitrogens with one attached hydrogen (secondary N) is 3. The molecule has 7 heterocycles. The van der Waals surface area contributed by atoms with Crippen LogP contribution in [-0.4, -0.2) is 156 Å². The highest BCUT2D eigenvalue weighted by Gasteiger charge is 2.34. The molecule has 4 aromatic heterocycles. The second-order valence-electron chi connectivity index (χ2n) is 26.3. The highest BCUT2D eigenvalue weighted by Crippen LogP contribution is 2.45. The van der Waals surface area contributed by atoms with E-state index >= 15 is 0 Å². The molecular formula is C69H81Cl3N8O15S3. The van der Waals surface area contributed by atoms with Gasteiger partial charge >= 0.3 is 12.1 Å². The van der Waals surface area contributed by atoms with Crippen molar-refractivity contribution in [2.75, 3.05) is 56.5 Å². The number of ketones is 2. The molecule has 0 saturated carbocycles. The van der Waals surface area contributed by atoms with Gasteiger partial charge in [0.05, 0.1) is 48.0 Å². The van der Waals surface area contributed by atoms with Crippen LogP contribution in [0.3, 0.4) is 0 Å². The van der Waals surface area contributed by atoms with Crippen LogP contribution in [0.25, 0.3) is 10.9 Å². The molecule has 23 nitrogen and oxygen atoms in total. The molecule has 0 spiro atoms. The molecule has 0 bridgehead atoms. The molecule has 12 rings (SSSR count). The zero-order valence-electron chi connectivity index (χ0n) is 54.5. The lowest BCUT2D eigenvalue weighted by Crippen LogP contribution is -2.42. The number of carbonyl (C=O) groups is 4. The van der Waals surface area contributed by atoms with Crippen molar-refractivity contribution in [1.82, 2.24) is 35.5 Å². The average molecular weight is 1470 g/mol. The molecule has 29 heteroatoms. The number of pyridine rings is 3. The molecule has 3 fully saturated rings. The van der Waals surface area contributed by atoms with Gasteiger partial charge in [-0.25, -0.2) is 34.8 Å². The lowest BCUT2D eigenvalue weighted by molar-refractivity contribution is 0.0190. The number of carbonyl (C=O) groups excluding carboxylic acids is 3. The normalized spacial score (nSPS) is 17.6. The number of rotatable bonds is 16. The fourth-order valence-electron chi connectivity index (χ4n) is 12.9. The number of sulfone groups is 3. The summed E-state index contributed by atoms with van der Waals surface area (Å²) in [5.74, 6) is -1.21. The third-order valence-electron chi connectivity index (χ3n) is 18.1. The lowest BCUT2D eigenvalue weighted by Gasteiger charge is -2.33. The van der Waals surface area contributed by atoms with E-state index in [9.17, 15) is 59.8 Å². The molecule has 7 aromatic rings. The van der Waals surface area contributed by atoms with E-state index in [4.69, 9.17) is 50.4 Å². The van der Waals surface area contributed by atoms with Crippen LogP contribution >= 0.6 is 34.8 Å². The highest BCUT2D eigenvalue weighted by atomic mass is 35.5. The molecule has 2 aliphatic carbocycles. The Bertz CT molecular complexity index is 4440. The Morgan fingerprint density at radius 1 is 0.582 bits per heavy atom. The number of amides is 1. The second kappa shape index (κ2) is 32.4. The number of halogens is 3. The number of benzene rings is 3. The van der Waals surface area contributed by atoms with Crippen LogP contribution in [0.1, 0.15) is 149 Å². The van der Waals surface area contributed by atoms with Crippen molar-refractivity contribution in [2.24, 2.45) is 23.5 Å². The van der Waals surface area contributed by atoms with Crippen molar-refractivity contribution in [3.63, 3.8) is 0 Å². The first kappa shape index (κ1) is 74.9. The van der Waals surface area contributed by atoms with Crippen molar-refractivity contribution in [3.05, 3.63) is 158 Å². The monoisotopic (exact) mass is 1460 g/mol. The fourth-order valence-corrected chi connectivity index (χ4v) is 18.6. The van der Waals surface area contributed by atoms with Crippen LogP contribution in [0.2, 0.25) is 15.1 Å². The number of phenolic OH excluding ortho intramolecular Hbond substituents is 3. The Morgan fingerprint density at radius 3 is 1.52 bits per heavy atom. The Balaban J connectivity index is 0.000000159. The summed E-state index contributed by atoms with van der Waals surface area (Å²) in [5, 5.41) is 47.6. The molecule has 3 saturated heterocycles. The van der Waals surface area contributed by atoms with E-state index in [2.05, 4.69) is 30.6 Å². The number of nitrogens with zero attached hydrogens (tertiary/aromatic N) is 4. The van der Waals surface area contributed by atoms with Gasteiger partial charge in [0.25, 0.3) is 0 Å². The van der Waals surface area contributed by atoms with E-state index in [0.29, 0.717) is 58.9 Å². The number of aromatic carboxylic acids is 1. The first-order chi connectivity index (χ1) is 46.4. The summed E-state index contributed by atoms with van der Waals surface area (Å²) in [4.78, 5) is 65.2. The molecule has 2 unspecified atom stereocenters. The van der Waals surface area contributed by atoms with Gasteiger partial charge in [0.1, 0.15) is 22.8 Å². The summed E-state index contributed by atoms with van der Waals surface area (Å²) in [6, 6.07) is 13.5. The number of aromatic nitrogens is 4. The Hall–Kier alpha value is -7.27. The Labute approximate surface area is 585 Å². The minimum atomic E-state index is -3.64. The number of hydrogen-bond acceptors (Lipinski definition) is 20. The summed E-state index contributed by atoms with van der Waals surface area (Å²) >= 11 is 18.3. The lowest BCUT2D eigenvalue weighted by atomic mass is 9.93. The quantitative estimate of drug-likeness (QED) is 0.0417. The predicted octanol–water partition coefficient (Wildman–Crippen LogP) is 10.8. The number of carboxylic acids is 1. The first-order valence-electron chi connectivity index (χ1n) is 32.3. The number of Topliss-reactive ketones (excluding diaryl/α,β-unsaturated/α-hetero) is 2. The fraction of sp³-hybridized carbons (Fsp3) is 0.435. The predicted molar refractivity (Wildman–Crippen MR) is 372 cm³/mol. The molecule has 0 radical (unpaired) electrons. The number of nitrogens with two attached hydrogens (primary N) is 1. The topological polar surface area (TPSA) is 369 Å². The van der Waals surface area contributed by atoms with Gasteiger partial charge in [-0.2, -0.15) is 0 Å².